The van der Waals surface area contributed by atoms with Gasteiger partial charge in [0, 0.05) is 54.7 Å². The fraction of sp³-hybridized carbons (Fsp3) is 0.0690. The van der Waals surface area contributed by atoms with Crippen LogP contribution in [0.5, 0.6) is 11.5 Å². The Morgan fingerprint density at radius 1 is 1.00 bits per heavy atom. The number of allylic oxidation sites excluding steroid dienone is 1. The molecule has 206 valence electrons. The molecule has 0 saturated heterocycles. The normalized spacial score (nSPS) is 11.5. The number of hydrogen-bond acceptors (Lipinski definition) is 8. The minimum Gasteiger partial charge on any atom is -0.452 e. The molecule has 0 aliphatic heterocycles. The Bertz CT molecular complexity index is 1760. The highest BCUT2D eigenvalue weighted by atomic mass is 19.1. The molecular formula is C29H23F2N7O3. The van der Waals surface area contributed by atoms with Crippen molar-refractivity contribution in [2.75, 3.05) is 17.8 Å². The lowest BCUT2D eigenvalue weighted by Gasteiger charge is -2.23. The molecule has 2 aromatic carbocycles. The number of hydrazine groups is 1. The van der Waals surface area contributed by atoms with Gasteiger partial charge in [0.2, 0.25) is 0 Å². The second-order valence-corrected chi connectivity index (χ2v) is 8.80. The molecule has 3 heterocycles. The van der Waals surface area contributed by atoms with E-state index >= 15 is 4.39 Å². The summed E-state index contributed by atoms with van der Waals surface area (Å²) in [7, 11) is 1.60. The molecule has 0 atom stereocenters. The van der Waals surface area contributed by atoms with Gasteiger partial charge in [0.15, 0.2) is 23.6 Å². The molecule has 0 radical (unpaired) electrons. The van der Waals surface area contributed by atoms with Crippen molar-refractivity contribution in [2.45, 2.75) is 6.92 Å². The van der Waals surface area contributed by atoms with Crippen LogP contribution in [0, 0.1) is 11.6 Å². The molecule has 41 heavy (non-hydrogen) atoms. The van der Waals surface area contributed by atoms with Gasteiger partial charge in [-0.05, 0) is 49.4 Å². The van der Waals surface area contributed by atoms with Crippen LogP contribution < -0.4 is 15.5 Å². The Labute approximate surface area is 232 Å². The Kier molecular flexibility index (Phi) is 7.63. The fourth-order valence-electron chi connectivity index (χ4n) is 4.01. The lowest BCUT2D eigenvalue weighted by atomic mass is 10.2. The van der Waals surface area contributed by atoms with Crippen molar-refractivity contribution in [3.8, 4) is 22.8 Å². The number of anilines is 2. The fourth-order valence-corrected chi connectivity index (χ4v) is 4.01. The predicted molar refractivity (Wildman–Crippen MR) is 148 cm³/mol. The van der Waals surface area contributed by atoms with Crippen molar-refractivity contribution in [1.82, 2.24) is 24.6 Å². The van der Waals surface area contributed by atoms with E-state index in [2.05, 4.69) is 25.8 Å². The van der Waals surface area contributed by atoms with Gasteiger partial charge in [-0.2, -0.15) is 5.10 Å². The standard InChI is InChI=1S/C29H23F2N7O3/c1-18(37(2)36-20-5-3-19(30)4-6-20)23(17-39)29(40)35-21-7-8-26(24(31)15-21)41-27-9-11-34-38-14-10-22(28(27)38)25-16-32-12-13-33-25/h3-17,36H,1-2H3,(H,35,40)/b23-18+. The summed E-state index contributed by atoms with van der Waals surface area (Å²) in [5, 5.41) is 8.24. The molecule has 0 fully saturated rings. The second-order valence-electron chi connectivity index (χ2n) is 8.80. The van der Waals surface area contributed by atoms with Gasteiger partial charge in [-0.25, -0.2) is 13.3 Å². The van der Waals surface area contributed by atoms with Crippen LogP contribution in [0.4, 0.5) is 20.2 Å². The summed E-state index contributed by atoms with van der Waals surface area (Å²) in [4.78, 5) is 33.1. The molecular weight excluding hydrogens is 532 g/mol. The Hall–Kier alpha value is -5.65. The number of hydrogen-bond donors (Lipinski definition) is 2. The van der Waals surface area contributed by atoms with E-state index in [0.717, 1.165) is 6.07 Å². The maximum Gasteiger partial charge on any atom is 0.260 e. The SMILES string of the molecule is C/C(=C(/C=O)C(=O)Nc1ccc(Oc2ccnn3ccc(-c4cnccn4)c23)c(F)c1)N(C)Nc1ccc(F)cc1. The van der Waals surface area contributed by atoms with Gasteiger partial charge in [0.25, 0.3) is 5.91 Å². The molecule has 5 aromatic rings. The number of amides is 1. The molecule has 5 rings (SSSR count). The zero-order chi connectivity index (χ0) is 28.9. The molecule has 0 bridgehead atoms. The summed E-state index contributed by atoms with van der Waals surface area (Å²) >= 11 is 0. The lowest BCUT2D eigenvalue weighted by molar-refractivity contribution is -0.115. The maximum atomic E-state index is 15.1. The summed E-state index contributed by atoms with van der Waals surface area (Å²) in [6, 6.07) is 12.9. The number of halogens is 2. The maximum absolute atomic E-state index is 15.1. The van der Waals surface area contributed by atoms with Crippen LogP contribution in [0.2, 0.25) is 0 Å². The zero-order valence-electron chi connectivity index (χ0n) is 21.9. The average Bonchev–Trinajstić information content (AvgIpc) is 3.42. The molecule has 0 saturated carbocycles. The minimum absolute atomic E-state index is 0.0899. The van der Waals surface area contributed by atoms with E-state index in [0.29, 0.717) is 34.5 Å². The molecule has 1 amide bonds. The van der Waals surface area contributed by atoms with Gasteiger partial charge in [0.05, 0.1) is 23.8 Å². The molecule has 12 heteroatoms. The largest absolute Gasteiger partial charge is 0.452 e. The molecule has 0 aliphatic rings. The molecule has 3 aromatic heterocycles. The van der Waals surface area contributed by atoms with E-state index in [4.69, 9.17) is 4.74 Å². The van der Waals surface area contributed by atoms with Crippen LogP contribution in [0.1, 0.15) is 6.92 Å². The monoisotopic (exact) mass is 555 g/mol. The van der Waals surface area contributed by atoms with Crippen molar-refractivity contribution in [1.29, 1.82) is 0 Å². The molecule has 0 unspecified atom stereocenters. The zero-order valence-corrected chi connectivity index (χ0v) is 21.9. The number of carbonyl (C=O) groups is 2. The Balaban J connectivity index is 1.34. The number of carbonyl (C=O) groups excluding carboxylic acids is 2. The first-order chi connectivity index (χ1) is 19.8. The summed E-state index contributed by atoms with van der Waals surface area (Å²) in [5.74, 6) is -1.63. The first-order valence-corrected chi connectivity index (χ1v) is 12.3. The number of ether oxygens (including phenoxy) is 1. The first kappa shape index (κ1) is 26.9. The van der Waals surface area contributed by atoms with E-state index in [9.17, 15) is 14.0 Å². The van der Waals surface area contributed by atoms with E-state index in [1.165, 1.54) is 47.6 Å². The minimum atomic E-state index is -0.742. The first-order valence-electron chi connectivity index (χ1n) is 12.3. The van der Waals surface area contributed by atoms with Crippen molar-refractivity contribution in [3.05, 3.63) is 108 Å². The number of aromatic nitrogens is 4. The highest BCUT2D eigenvalue weighted by Crippen LogP contribution is 2.34. The third-order valence-electron chi connectivity index (χ3n) is 6.16. The Morgan fingerprint density at radius 3 is 2.49 bits per heavy atom. The number of rotatable bonds is 9. The van der Waals surface area contributed by atoms with Gasteiger partial charge in [-0.3, -0.25) is 30.0 Å². The topological polar surface area (TPSA) is 114 Å². The second kappa shape index (κ2) is 11.6. The van der Waals surface area contributed by atoms with Crippen molar-refractivity contribution in [3.63, 3.8) is 0 Å². The molecule has 0 spiro atoms. The average molecular weight is 556 g/mol. The smallest absolute Gasteiger partial charge is 0.260 e. The van der Waals surface area contributed by atoms with Crippen LogP contribution in [0.15, 0.2) is 96.9 Å². The molecule has 2 N–H and O–H groups in total. The number of aldehydes is 1. The van der Waals surface area contributed by atoms with Gasteiger partial charge in [-0.1, -0.05) is 0 Å². The highest BCUT2D eigenvalue weighted by Gasteiger charge is 2.18. The molecule has 10 nitrogen and oxygen atoms in total. The van der Waals surface area contributed by atoms with Crippen molar-refractivity contribution < 1.29 is 23.1 Å². The third-order valence-corrected chi connectivity index (χ3v) is 6.16. The number of benzene rings is 2. The van der Waals surface area contributed by atoms with E-state index in [1.807, 2.05) is 0 Å². The summed E-state index contributed by atoms with van der Waals surface area (Å²) in [6.45, 7) is 1.56. The number of fused-ring (bicyclic) bond motifs is 1. The molecule has 0 aliphatic carbocycles. The van der Waals surface area contributed by atoms with Crippen LogP contribution in [-0.4, -0.2) is 43.8 Å². The van der Waals surface area contributed by atoms with Crippen LogP contribution >= 0.6 is 0 Å². The van der Waals surface area contributed by atoms with Gasteiger partial charge >= 0.3 is 0 Å². The van der Waals surface area contributed by atoms with Gasteiger partial charge < -0.3 is 10.1 Å². The third kappa shape index (κ3) is 5.86. The number of nitrogens with zero attached hydrogens (tertiary/aromatic N) is 5. The number of nitrogens with one attached hydrogen (secondary N) is 2. The highest BCUT2D eigenvalue weighted by molar-refractivity contribution is 6.17. The summed E-state index contributed by atoms with van der Waals surface area (Å²) in [5.41, 5.74) is 5.58. The van der Waals surface area contributed by atoms with Crippen LogP contribution in [-0.2, 0) is 9.59 Å². The lowest BCUT2D eigenvalue weighted by Crippen LogP contribution is -2.28. The van der Waals surface area contributed by atoms with Crippen LogP contribution in [0.3, 0.4) is 0 Å². The van der Waals surface area contributed by atoms with Crippen molar-refractivity contribution in [2.24, 2.45) is 0 Å². The van der Waals surface area contributed by atoms with E-state index < -0.39 is 17.5 Å². The Morgan fingerprint density at radius 2 is 1.78 bits per heavy atom. The quantitative estimate of drug-likeness (QED) is 0.0836. The van der Waals surface area contributed by atoms with Crippen LogP contribution in [0.25, 0.3) is 16.8 Å². The summed E-state index contributed by atoms with van der Waals surface area (Å²) < 4.78 is 35.8. The van der Waals surface area contributed by atoms with Crippen molar-refractivity contribution >= 4 is 29.1 Å². The van der Waals surface area contributed by atoms with E-state index in [1.54, 1.807) is 55.4 Å². The van der Waals surface area contributed by atoms with E-state index in [-0.39, 0.29) is 22.7 Å². The predicted octanol–water partition coefficient (Wildman–Crippen LogP) is 5.23. The van der Waals surface area contributed by atoms with Gasteiger partial charge in [0.1, 0.15) is 16.9 Å². The summed E-state index contributed by atoms with van der Waals surface area (Å²) in [6.07, 6.45) is 8.38. The van der Waals surface area contributed by atoms with Gasteiger partial charge in [-0.15, -0.1) is 0 Å².